The van der Waals surface area contributed by atoms with Gasteiger partial charge in [0.15, 0.2) is 5.82 Å². The van der Waals surface area contributed by atoms with Gasteiger partial charge in [-0.3, -0.25) is 5.01 Å². The molecule has 0 radical (unpaired) electrons. The highest BCUT2D eigenvalue weighted by Crippen LogP contribution is 2.34. The summed E-state index contributed by atoms with van der Waals surface area (Å²) in [6.45, 7) is 6.26. The third-order valence-corrected chi connectivity index (χ3v) is 3.62. The van der Waals surface area contributed by atoms with E-state index in [2.05, 4.69) is 35.3 Å². The quantitative estimate of drug-likeness (QED) is 0.754. The second-order valence-electron chi connectivity index (χ2n) is 5.54. The van der Waals surface area contributed by atoms with Crippen molar-refractivity contribution in [3.63, 3.8) is 0 Å². The van der Waals surface area contributed by atoms with Gasteiger partial charge in [-0.1, -0.05) is 0 Å². The van der Waals surface area contributed by atoms with E-state index in [1.54, 1.807) is 0 Å². The average molecular weight is 260 g/mol. The third kappa shape index (κ3) is 2.36. The normalized spacial score (nSPS) is 22.5. The van der Waals surface area contributed by atoms with E-state index in [9.17, 15) is 5.21 Å². The molecule has 19 heavy (non-hydrogen) atoms. The fourth-order valence-electron chi connectivity index (χ4n) is 2.88. The van der Waals surface area contributed by atoms with Gasteiger partial charge in [-0.2, -0.15) is 0 Å². The summed E-state index contributed by atoms with van der Waals surface area (Å²) in [6, 6.07) is 4.43. The van der Waals surface area contributed by atoms with Gasteiger partial charge < -0.3 is 10.3 Å². The Labute approximate surface area is 113 Å². The molecule has 5 heteroatoms. The molecule has 2 N–H and O–H groups in total. The smallest absolute Gasteiger partial charge is 0.150 e. The number of fused-ring (bicyclic) bond motifs is 2. The summed E-state index contributed by atoms with van der Waals surface area (Å²) in [4.78, 5) is 4.51. The van der Waals surface area contributed by atoms with Crippen LogP contribution in [-0.2, 0) is 0 Å². The van der Waals surface area contributed by atoms with E-state index < -0.39 is 0 Å². The van der Waals surface area contributed by atoms with E-state index in [-0.39, 0.29) is 0 Å². The molecule has 2 aliphatic heterocycles. The van der Waals surface area contributed by atoms with Gasteiger partial charge in [0, 0.05) is 29.8 Å². The van der Waals surface area contributed by atoms with Crippen molar-refractivity contribution in [1.29, 1.82) is 0 Å². The van der Waals surface area contributed by atoms with Crippen LogP contribution in [0.15, 0.2) is 23.9 Å². The Hall–Kier alpha value is -1.43. The van der Waals surface area contributed by atoms with Gasteiger partial charge in [-0.15, -0.1) is 0 Å². The molecule has 0 aromatic carbocycles. The van der Waals surface area contributed by atoms with Gasteiger partial charge in [0.2, 0.25) is 0 Å². The maximum Gasteiger partial charge on any atom is 0.150 e. The van der Waals surface area contributed by atoms with Crippen molar-refractivity contribution in [2.24, 2.45) is 0 Å². The van der Waals surface area contributed by atoms with Crippen molar-refractivity contribution in [2.45, 2.75) is 26.3 Å². The number of rotatable bonds is 2. The van der Waals surface area contributed by atoms with Crippen molar-refractivity contribution in [1.82, 2.24) is 10.4 Å². The first kappa shape index (κ1) is 12.6. The van der Waals surface area contributed by atoms with Gasteiger partial charge >= 0.3 is 0 Å². The van der Waals surface area contributed by atoms with Gasteiger partial charge in [0.1, 0.15) is 6.54 Å². The topological polar surface area (TPSA) is 55.7 Å². The third-order valence-electron chi connectivity index (χ3n) is 3.62. The molecule has 3 rings (SSSR count). The average Bonchev–Trinajstić information content (AvgIpc) is 2.38. The number of nitrogens with one attached hydrogen (secondary N) is 2. The van der Waals surface area contributed by atoms with Crippen molar-refractivity contribution >= 4 is 11.4 Å². The van der Waals surface area contributed by atoms with Crippen LogP contribution in [0.25, 0.3) is 5.57 Å². The molecule has 5 nitrogen and oxygen atoms in total. The zero-order valence-electron chi connectivity index (χ0n) is 11.4. The zero-order chi connectivity index (χ0) is 13.4. The Morgan fingerprint density at radius 2 is 2.32 bits per heavy atom. The molecule has 0 saturated heterocycles. The summed E-state index contributed by atoms with van der Waals surface area (Å²) in [7, 11) is 0. The van der Waals surface area contributed by atoms with Crippen LogP contribution in [0.5, 0.6) is 0 Å². The van der Waals surface area contributed by atoms with Crippen LogP contribution in [0.3, 0.4) is 0 Å². The Kier molecular flexibility index (Phi) is 3.26. The van der Waals surface area contributed by atoms with Crippen molar-refractivity contribution in [2.75, 3.05) is 24.6 Å². The molecule has 102 valence electrons. The molecule has 1 atom stereocenters. The summed E-state index contributed by atoms with van der Waals surface area (Å²) < 4.78 is 0. The maximum atomic E-state index is 11.7. The first-order valence-corrected chi connectivity index (χ1v) is 6.87. The zero-order valence-corrected chi connectivity index (χ0v) is 11.4. The fourth-order valence-corrected chi connectivity index (χ4v) is 2.88. The number of aromatic nitrogens is 1. The highest BCUT2D eigenvalue weighted by molar-refractivity contribution is 5.80. The van der Waals surface area contributed by atoms with E-state index in [0.29, 0.717) is 24.2 Å². The largest absolute Gasteiger partial charge is 0.634 e. The number of quaternary nitrogens is 1. The summed E-state index contributed by atoms with van der Waals surface area (Å²) in [5, 5.41) is 14.1. The predicted molar refractivity (Wildman–Crippen MR) is 75.5 cm³/mol. The van der Waals surface area contributed by atoms with E-state index >= 15 is 0 Å². The summed E-state index contributed by atoms with van der Waals surface area (Å²) in [5.74, 6) is 0.990. The Balaban J connectivity index is 2.01. The van der Waals surface area contributed by atoms with Crippen LogP contribution in [0, 0.1) is 5.21 Å². The van der Waals surface area contributed by atoms with E-state index in [1.807, 2.05) is 12.3 Å². The number of hydroxylamine groups is 2. The van der Waals surface area contributed by atoms with E-state index in [4.69, 9.17) is 0 Å². The summed E-state index contributed by atoms with van der Waals surface area (Å²) in [5.41, 5.74) is 7.19. The minimum absolute atomic E-state index is 0.344. The molecule has 0 bridgehead atoms. The molecule has 1 aromatic heterocycles. The number of hydrogen-bond acceptors (Lipinski definition) is 4. The molecule has 2 aliphatic rings. The van der Waals surface area contributed by atoms with Crippen LogP contribution < -0.4 is 15.5 Å². The highest BCUT2D eigenvalue weighted by Gasteiger charge is 2.29. The number of hydrazine groups is 1. The molecular weight excluding hydrogens is 240 g/mol. The molecule has 3 heterocycles. The second-order valence-corrected chi connectivity index (χ2v) is 5.54. The molecule has 0 spiro atoms. The lowest BCUT2D eigenvalue weighted by Gasteiger charge is -2.39. The molecule has 0 amide bonds. The van der Waals surface area contributed by atoms with Crippen molar-refractivity contribution < 1.29 is 5.06 Å². The number of hydrogen-bond donors (Lipinski definition) is 2. The summed E-state index contributed by atoms with van der Waals surface area (Å²) >= 11 is 0. The summed E-state index contributed by atoms with van der Waals surface area (Å²) in [6.07, 6.45) is 2.69. The monoisotopic (exact) mass is 260 g/mol. The minimum atomic E-state index is 0.344. The Morgan fingerprint density at radius 1 is 1.47 bits per heavy atom. The maximum absolute atomic E-state index is 11.7. The molecule has 0 fully saturated rings. The van der Waals surface area contributed by atoms with Crippen LogP contribution >= 0.6 is 0 Å². The minimum Gasteiger partial charge on any atom is -0.634 e. The first-order chi connectivity index (χ1) is 9.15. The Bertz CT molecular complexity index is 512. The molecule has 0 saturated carbocycles. The molecule has 1 unspecified atom stereocenters. The van der Waals surface area contributed by atoms with Crippen LogP contribution in [0.2, 0.25) is 0 Å². The standard InChI is InChI=1S/C14H20N4O/c1-10(2)16-18-9-11-8-17(19)7-5-12(11)13-4-3-6-15-14(13)18/h3-4,6,10,16-17H,5,7-9H2,1-2H3. The van der Waals surface area contributed by atoms with Gasteiger partial charge in [0.25, 0.3) is 0 Å². The van der Waals surface area contributed by atoms with Gasteiger partial charge in [-0.05, 0) is 31.6 Å². The lowest BCUT2D eigenvalue weighted by molar-refractivity contribution is -0.843. The number of nitrogens with zero attached hydrogens (tertiary/aromatic N) is 2. The fraction of sp³-hybridized carbons (Fsp3) is 0.500. The van der Waals surface area contributed by atoms with Crippen LogP contribution in [0.1, 0.15) is 25.8 Å². The van der Waals surface area contributed by atoms with Crippen molar-refractivity contribution in [3.05, 3.63) is 34.7 Å². The number of pyridine rings is 1. The molecule has 1 aromatic rings. The van der Waals surface area contributed by atoms with Crippen molar-refractivity contribution in [3.8, 4) is 0 Å². The van der Waals surface area contributed by atoms with Crippen LogP contribution in [-0.4, -0.2) is 30.7 Å². The SMILES string of the molecule is CC(C)NN1CC2=C(CC[NH+]([O-])C2)c2cccnc21. The van der Waals surface area contributed by atoms with E-state index in [0.717, 1.165) is 18.8 Å². The van der Waals surface area contributed by atoms with Gasteiger partial charge in [-0.25, -0.2) is 10.4 Å². The lowest BCUT2D eigenvalue weighted by Crippen LogP contribution is -3.08. The first-order valence-electron chi connectivity index (χ1n) is 6.87. The molecular formula is C14H20N4O. The Morgan fingerprint density at radius 3 is 3.11 bits per heavy atom. The highest BCUT2D eigenvalue weighted by atomic mass is 16.5. The number of anilines is 1. The second kappa shape index (κ2) is 4.92. The van der Waals surface area contributed by atoms with Gasteiger partial charge in [0.05, 0.1) is 13.1 Å². The molecule has 0 aliphatic carbocycles. The predicted octanol–water partition coefficient (Wildman–Crippen LogP) is 0.355. The van der Waals surface area contributed by atoms with Crippen LogP contribution in [0.4, 0.5) is 5.82 Å². The lowest BCUT2D eigenvalue weighted by atomic mass is 9.91. The van der Waals surface area contributed by atoms with E-state index in [1.165, 1.54) is 16.7 Å².